The van der Waals surface area contributed by atoms with Gasteiger partial charge in [0.25, 0.3) is 0 Å². The fourth-order valence-electron chi connectivity index (χ4n) is 3.41. The summed E-state index contributed by atoms with van der Waals surface area (Å²) in [6.45, 7) is 4.41. The first kappa shape index (κ1) is 16.8. The van der Waals surface area contributed by atoms with Crippen molar-refractivity contribution in [2.75, 3.05) is 39.6 Å². The Balaban J connectivity index is 1.51. The van der Waals surface area contributed by atoms with E-state index in [1.807, 2.05) is 12.1 Å². The van der Waals surface area contributed by atoms with E-state index in [1.54, 1.807) is 0 Å². The van der Waals surface area contributed by atoms with E-state index in [-0.39, 0.29) is 17.5 Å². The molecule has 0 unspecified atom stereocenters. The van der Waals surface area contributed by atoms with E-state index >= 15 is 0 Å². The van der Waals surface area contributed by atoms with Crippen LogP contribution in [0, 0.1) is 5.82 Å². The molecule has 3 rings (SSSR count). The van der Waals surface area contributed by atoms with Crippen LogP contribution in [0.15, 0.2) is 24.3 Å². The minimum atomic E-state index is -0.198. The number of nitrogens with one attached hydrogen (secondary N) is 1. The van der Waals surface area contributed by atoms with Gasteiger partial charge in [0.15, 0.2) is 0 Å². The third-order valence-electron chi connectivity index (χ3n) is 4.78. The molecule has 1 aromatic carbocycles. The summed E-state index contributed by atoms with van der Waals surface area (Å²) in [6, 6.07) is 6.81. The number of rotatable bonds is 7. The molecule has 2 aliphatic heterocycles. The lowest BCUT2D eigenvalue weighted by atomic mass is 9.82. The smallest absolute Gasteiger partial charge is 0.123 e. The van der Waals surface area contributed by atoms with Crippen molar-refractivity contribution in [1.82, 2.24) is 5.32 Å². The van der Waals surface area contributed by atoms with E-state index in [9.17, 15) is 4.39 Å². The molecule has 0 radical (unpaired) electrons. The Bertz CT molecular complexity index is 468. The Morgan fingerprint density at radius 3 is 2.65 bits per heavy atom. The zero-order valence-corrected chi connectivity index (χ0v) is 13.6. The van der Waals surface area contributed by atoms with Crippen LogP contribution in [0.1, 0.15) is 31.2 Å². The quantitative estimate of drug-likeness (QED) is 0.783. The first-order valence-electron chi connectivity index (χ1n) is 8.57. The van der Waals surface area contributed by atoms with E-state index < -0.39 is 0 Å². The molecule has 1 atom stereocenters. The highest BCUT2D eigenvalue weighted by molar-refractivity contribution is 5.25. The number of hydrogen-bond donors (Lipinski definition) is 1. The first-order valence-corrected chi connectivity index (χ1v) is 8.57. The highest BCUT2D eigenvalue weighted by atomic mass is 19.1. The fourth-order valence-corrected chi connectivity index (χ4v) is 3.41. The van der Waals surface area contributed by atoms with Crippen molar-refractivity contribution < 1.29 is 18.6 Å². The average molecular weight is 323 g/mol. The molecule has 0 bridgehead atoms. The summed E-state index contributed by atoms with van der Waals surface area (Å²) in [5.41, 5.74) is 0.987. The van der Waals surface area contributed by atoms with E-state index in [0.717, 1.165) is 57.6 Å². The zero-order chi connectivity index (χ0) is 16.0. The maximum Gasteiger partial charge on any atom is 0.123 e. The van der Waals surface area contributed by atoms with Gasteiger partial charge in [-0.15, -0.1) is 0 Å². The molecule has 0 aromatic heterocycles. The van der Waals surface area contributed by atoms with Crippen molar-refractivity contribution in [3.8, 4) is 0 Å². The van der Waals surface area contributed by atoms with E-state index in [1.165, 1.54) is 12.1 Å². The topological polar surface area (TPSA) is 39.7 Å². The maximum absolute atomic E-state index is 13.2. The Labute approximate surface area is 137 Å². The molecule has 2 heterocycles. The van der Waals surface area contributed by atoms with Crippen molar-refractivity contribution >= 4 is 0 Å². The summed E-state index contributed by atoms with van der Waals surface area (Å²) >= 11 is 0. The minimum Gasteiger partial charge on any atom is -0.381 e. The molecular weight excluding hydrogens is 297 g/mol. The predicted molar refractivity (Wildman–Crippen MR) is 85.9 cm³/mol. The van der Waals surface area contributed by atoms with Gasteiger partial charge in [-0.2, -0.15) is 0 Å². The molecule has 2 fully saturated rings. The lowest BCUT2D eigenvalue weighted by Gasteiger charge is -2.39. The normalized spacial score (nSPS) is 24.0. The molecule has 1 N–H and O–H groups in total. The fraction of sp³-hybridized carbons (Fsp3) is 0.667. The average Bonchev–Trinajstić information content (AvgIpc) is 3.09. The van der Waals surface area contributed by atoms with Crippen molar-refractivity contribution in [2.24, 2.45) is 0 Å². The number of ether oxygens (including phenoxy) is 3. The van der Waals surface area contributed by atoms with Crippen LogP contribution < -0.4 is 5.32 Å². The molecule has 0 spiro atoms. The Morgan fingerprint density at radius 1 is 1.17 bits per heavy atom. The molecule has 0 aliphatic carbocycles. The van der Waals surface area contributed by atoms with Crippen LogP contribution >= 0.6 is 0 Å². The molecule has 0 amide bonds. The predicted octanol–water partition coefficient (Wildman–Crippen LogP) is 2.62. The van der Waals surface area contributed by atoms with Crippen LogP contribution in [-0.2, 0) is 19.7 Å². The van der Waals surface area contributed by atoms with Crippen LogP contribution in [0.5, 0.6) is 0 Å². The lowest BCUT2D eigenvalue weighted by Crippen LogP contribution is -2.48. The number of hydrogen-bond acceptors (Lipinski definition) is 4. The number of halogens is 1. The molecule has 128 valence electrons. The second-order valence-electron chi connectivity index (χ2n) is 6.34. The van der Waals surface area contributed by atoms with Gasteiger partial charge in [0, 0.05) is 31.9 Å². The van der Waals surface area contributed by atoms with Gasteiger partial charge in [-0.1, -0.05) is 12.1 Å². The Hall–Kier alpha value is -1.01. The molecule has 0 saturated carbocycles. The highest BCUT2D eigenvalue weighted by Gasteiger charge is 2.33. The molecule has 5 heteroatoms. The van der Waals surface area contributed by atoms with Crippen LogP contribution in [0.3, 0.4) is 0 Å². The zero-order valence-electron chi connectivity index (χ0n) is 13.6. The monoisotopic (exact) mass is 323 g/mol. The molecule has 1 aromatic rings. The largest absolute Gasteiger partial charge is 0.381 e. The molecule has 23 heavy (non-hydrogen) atoms. The summed E-state index contributed by atoms with van der Waals surface area (Å²) in [5, 5.41) is 3.63. The molecule has 2 saturated heterocycles. The second-order valence-corrected chi connectivity index (χ2v) is 6.34. The van der Waals surface area contributed by atoms with Gasteiger partial charge in [-0.3, -0.25) is 0 Å². The van der Waals surface area contributed by atoms with Gasteiger partial charge in [0.1, 0.15) is 5.82 Å². The van der Waals surface area contributed by atoms with Gasteiger partial charge in [0.2, 0.25) is 0 Å². The third-order valence-corrected chi connectivity index (χ3v) is 4.78. The number of benzene rings is 1. The molecule has 2 aliphatic rings. The SMILES string of the molecule is Fc1ccc(C2(NCCOC[C@H]3CCCO3)CCOCC2)cc1. The summed E-state index contributed by atoms with van der Waals surface area (Å²) in [7, 11) is 0. The Kier molecular flexibility index (Phi) is 6.00. The minimum absolute atomic E-state index is 0.140. The van der Waals surface area contributed by atoms with Gasteiger partial charge >= 0.3 is 0 Å². The van der Waals surface area contributed by atoms with Crippen LogP contribution in [0.2, 0.25) is 0 Å². The summed E-state index contributed by atoms with van der Waals surface area (Å²) < 4.78 is 30.0. The van der Waals surface area contributed by atoms with Crippen LogP contribution in [0.4, 0.5) is 4.39 Å². The summed E-state index contributed by atoms with van der Waals surface area (Å²) in [4.78, 5) is 0. The van der Waals surface area contributed by atoms with Crippen molar-refractivity contribution in [3.63, 3.8) is 0 Å². The summed E-state index contributed by atoms with van der Waals surface area (Å²) in [6.07, 6.45) is 4.29. The van der Waals surface area contributed by atoms with Crippen molar-refractivity contribution in [1.29, 1.82) is 0 Å². The maximum atomic E-state index is 13.2. The standard InChI is InChI=1S/C18H26FNO3/c19-16-5-3-15(4-6-16)18(7-11-21-12-8-18)20-9-13-22-14-17-2-1-10-23-17/h3-6,17,20H,1-2,7-14H2/t17-/m1/s1. The van der Waals surface area contributed by atoms with Gasteiger partial charge < -0.3 is 19.5 Å². The van der Waals surface area contributed by atoms with E-state index in [2.05, 4.69) is 5.32 Å². The first-order chi connectivity index (χ1) is 11.3. The van der Waals surface area contributed by atoms with Gasteiger partial charge in [-0.05, 0) is 43.4 Å². The van der Waals surface area contributed by atoms with E-state index in [4.69, 9.17) is 14.2 Å². The lowest BCUT2D eigenvalue weighted by molar-refractivity contribution is 0.00881. The molecular formula is C18H26FNO3. The van der Waals surface area contributed by atoms with Crippen LogP contribution in [0.25, 0.3) is 0 Å². The van der Waals surface area contributed by atoms with E-state index in [0.29, 0.717) is 13.2 Å². The second kappa shape index (κ2) is 8.20. The third kappa shape index (κ3) is 4.51. The Morgan fingerprint density at radius 2 is 1.96 bits per heavy atom. The van der Waals surface area contributed by atoms with Crippen molar-refractivity contribution in [2.45, 2.75) is 37.3 Å². The highest BCUT2D eigenvalue weighted by Crippen LogP contribution is 2.32. The molecule has 4 nitrogen and oxygen atoms in total. The van der Waals surface area contributed by atoms with Gasteiger partial charge in [-0.25, -0.2) is 4.39 Å². The van der Waals surface area contributed by atoms with Crippen molar-refractivity contribution in [3.05, 3.63) is 35.6 Å². The van der Waals surface area contributed by atoms with Crippen LogP contribution in [-0.4, -0.2) is 45.7 Å². The summed E-state index contributed by atoms with van der Waals surface area (Å²) in [5.74, 6) is -0.198. The van der Waals surface area contributed by atoms with Gasteiger partial charge in [0.05, 0.1) is 19.3 Å².